The van der Waals surface area contributed by atoms with Crippen molar-refractivity contribution < 1.29 is 13.4 Å². The van der Waals surface area contributed by atoms with Crippen LogP contribution in [0.25, 0.3) is 65.9 Å². The summed E-state index contributed by atoms with van der Waals surface area (Å²) in [5.41, 5.74) is 8.81. The smallest absolute Gasteiger partial charge is 0.216 e. The van der Waals surface area contributed by atoms with Crippen molar-refractivity contribution >= 4 is 54.6 Å². The summed E-state index contributed by atoms with van der Waals surface area (Å²) < 4.78 is 15.2. The number of hydrogen-bond donors (Lipinski definition) is 0. The Kier molecular flexibility index (Phi) is 4.60. The number of furan rings is 2. The number of rotatable bonds is 2. The molecule has 7 rings (SSSR count). The molecule has 7 aromatic rings. The first kappa shape index (κ1) is 22.1. The fourth-order valence-electron chi connectivity index (χ4n) is 5.84. The van der Waals surface area contributed by atoms with Gasteiger partial charge in [-0.15, -0.1) is 0 Å². The second kappa shape index (κ2) is 7.69. The van der Waals surface area contributed by atoms with Gasteiger partial charge in [-0.3, -0.25) is 0 Å². The van der Waals surface area contributed by atoms with Crippen LogP contribution in [0, 0.1) is 12.3 Å². The van der Waals surface area contributed by atoms with Crippen molar-refractivity contribution in [3.8, 4) is 11.3 Å². The van der Waals surface area contributed by atoms with Crippen molar-refractivity contribution in [1.82, 2.24) is 0 Å². The molecule has 0 spiro atoms. The Morgan fingerprint density at radius 1 is 0.703 bits per heavy atom. The molecule has 37 heavy (non-hydrogen) atoms. The lowest BCUT2D eigenvalue weighted by Crippen LogP contribution is -2.31. The number of nitrogens with zero attached hydrogens (tertiary/aromatic N) is 1. The Balaban J connectivity index is 1.53. The highest BCUT2D eigenvalue weighted by Crippen LogP contribution is 2.41. The second-order valence-electron chi connectivity index (χ2n) is 11.6. The molecule has 0 atom stereocenters. The van der Waals surface area contributed by atoms with E-state index in [1.807, 2.05) is 12.1 Å². The molecule has 0 aliphatic heterocycles. The van der Waals surface area contributed by atoms with Crippen LogP contribution in [0.1, 0.15) is 31.9 Å². The van der Waals surface area contributed by atoms with Gasteiger partial charge >= 0.3 is 0 Å². The third-order valence-electron chi connectivity index (χ3n) is 7.53. The molecule has 0 aliphatic rings. The van der Waals surface area contributed by atoms with Gasteiger partial charge in [0.05, 0.1) is 5.56 Å². The van der Waals surface area contributed by atoms with Crippen LogP contribution < -0.4 is 4.57 Å². The van der Waals surface area contributed by atoms with Gasteiger partial charge in [0.1, 0.15) is 29.4 Å². The first-order valence-corrected chi connectivity index (χ1v) is 13.0. The highest BCUT2D eigenvalue weighted by Gasteiger charge is 2.23. The Morgan fingerprint density at radius 2 is 1.49 bits per heavy atom. The summed E-state index contributed by atoms with van der Waals surface area (Å²) in [4.78, 5) is 0. The predicted octanol–water partition coefficient (Wildman–Crippen LogP) is 9.03. The molecule has 3 aromatic heterocycles. The fraction of sp³-hybridized carbons (Fsp3) is 0.206. The van der Waals surface area contributed by atoms with Crippen LogP contribution in [-0.4, -0.2) is 0 Å². The topological polar surface area (TPSA) is 30.2 Å². The van der Waals surface area contributed by atoms with E-state index < -0.39 is 0 Å². The van der Waals surface area contributed by atoms with Gasteiger partial charge in [0.2, 0.25) is 5.69 Å². The zero-order valence-electron chi connectivity index (χ0n) is 22.0. The van der Waals surface area contributed by atoms with Gasteiger partial charge in [0, 0.05) is 39.1 Å². The molecule has 0 amide bonds. The number of aryl methyl sites for hydroxylation is 2. The van der Waals surface area contributed by atoms with E-state index in [9.17, 15) is 0 Å². The summed E-state index contributed by atoms with van der Waals surface area (Å²) >= 11 is 0. The number of fused-ring (bicyclic) bond motifs is 8. The Bertz CT molecular complexity index is 2010. The van der Waals surface area contributed by atoms with Crippen LogP contribution in [0.15, 0.2) is 87.8 Å². The molecule has 0 N–H and O–H groups in total. The van der Waals surface area contributed by atoms with Crippen LogP contribution in [0.3, 0.4) is 0 Å². The average Bonchev–Trinajstić information content (AvgIpc) is 3.41. The molecule has 4 aromatic carbocycles. The van der Waals surface area contributed by atoms with E-state index in [0.717, 1.165) is 66.6 Å². The summed E-state index contributed by atoms with van der Waals surface area (Å²) in [5.74, 6) is 0. The molecule has 0 fully saturated rings. The molecule has 0 radical (unpaired) electrons. The van der Waals surface area contributed by atoms with E-state index in [1.54, 1.807) is 0 Å². The maximum absolute atomic E-state index is 6.82. The van der Waals surface area contributed by atoms with E-state index in [1.165, 1.54) is 16.8 Å². The fourth-order valence-corrected chi connectivity index (χ4v) is 5.84. The summed E-state index contributed by atoms with van der Waals surface area (Å²) in [7, 11) is 2.12. The van der Waals surface area contributed by atoms with E-state index in [2.05, 4.69) is 106 Å². The zero-order valence-corrected chi connectivity index (χ0v) is 22.0. The summed E-state index contributed by atoms with van der Waals surface area (Å²) in [6.45, 7) is 9.04. The minimum Gasteiger partial charge on any atom is -0.456 e. The SMILES string of the molecule is Cc1ccc2c(oc3c4cc5c(cc4ccc23)oc2ccccc25)c1-c1cc(CC(C)(C)C)cc[n+]1C. The summed E-state index contributed by atoms with van der Waals surface area (Å²) in [6.07, 6.45) is 3.20. The molecule has 3 nitrogen and oxygen atoms in total. The van der Waals surface area contributed by atoms with Crippen LogP contribution >= 0.6 is 0 Å². The number of aromatic nitrogens is 1. The van der Waals surface area contributed by atoms with Gasteiger partial charge in [-0.1, -0.05) is 57.2 Å². The van der Waals surface area contributed by atoms with E-state index in [-0.39, 0.29) is 5.41 Å². The van der Waals surface area contributed by atoms with Crippen molar-refractivity contribution in [2.75, 3.05) is 0 Å². The van der Waals surface area contributed by atoms with E-state index in [4.69, 9.17) is 8.83 Å². The first-order valence-electron chi connectivity index (χ1n) is 13.0. The molecular formula is C34H30NO2+. The minimum atomic E-state index is 0.221. The van der Waals surface area contributed by atoms with Crippen LogP contribution in [0.4, 0.5) is 0 Å². The lowest BCUT2D eigenvalue weighted by atomic mass is 9.88. The van der Waals surface area contributed by atoms with Crippen molar-refractivity contribution in [2.24, 2.45) is 12.5 Å². The third kappa shape index (κ3) is 3.45. The highest BCUT2D eigenvalue weighted by atomic mass is 16.3. The van der Waals surface area contributed by atoms with Gasteiger partial charge in [-0.2, -0.15) is 0 Å². The number of benzene rings is 4. The number of para-hydroxylation sites is 1. The quantitative estimate of drug-likeness (QED) is 0.229. The monoisotopic (exact) mass is 484 g/mol. The van der Waals surface area contributed by atoms with Crippen molar-refractivity contribution in [1.29, 1.82) is 0 Å². The summed E-state index contributed by atoms with van der Waals surface area (Å²) in [5, 5.41) is 6.78. The molecule has 182 valence electrons. The van der Waals surface area contributed by atoms with Crippen molar-refractivity contribution in [2.45, 2.75) is 34.1 Å². The Morgan fingerprint density at radius 3 is 2.32 bits per heavy atom. The average molecular weight is 485 g/mol. The first-order chi connectivity index (χ1) is 17.8. The molecule has 0 aliphatic carbocycles. The van der Waals surface area contributed by atoms with Crippen LogP contribution in [0.2, 0.25) is 0 Å². The normalized spacial score (nSPS) is 12.6. The standard InChI is InChI=1S/C34H30NO2/c1-20-10-12-25-24-13-11-22-17-30-27(23-8-6-7-9-29(23)36-30)18-26(22)32(24)37-33(25)31(20)28-16-21(14-15-35(28)5)19-34(2,3)4/h6-18H,19H2,1-5H3/q+1. The van der Waals surface area contributed by atoms with Gasteiger partial charge in [0.15, 0.2) is 6.20 Å². The van der Waals surface area contributed by atoms with E-state index >= 15 is 0 Å². The molecule has 0 saturated carbocycles. The lowest BCUT2D eigenvalue weighted by Gasteiger charge is -2.18. The largest absolute Gasteiger partial charge is 0.456 e. The van der Waals surface area contributed by atoms with Crippen molar-refractivity contribution in [3.63, 3.8) is 0 Å². The van der Waals surface area contributed by atoms with E-state index in [0.29, 0.717) is 0 Å². The van der Waals surface area contributed by atoms with Crippen molar-refractivity contribution in [3.05, 3.63) is 90.1 Å². The molecule has 3 heteroatoms. The van der Waals surface area contributed by atoms with Crippen LogP contribution in [-0.2, 0) is 13.5 Å². The molecule has 3 heterocycles. The number of pyridine rings is 1. The Hall–Kier alpha value is -4.11. The maximum atomic E-state index is 6.82. The highest BCUT2D eigenvalue weighted by molar-refractivity contribution is 6.20. The Labute approximate surface area is 215 Å². The molecule has 0 unspecified atom stereocenters. The predicted molar refractivity (Wildman–Crippen MR) is 153 cm³/mol. The van der Waals surface area contributed by atoms with Gasteiger partial charge < -0.3 is 8.83 Å². The number of hydrogen-bond acceptors (Lipinski definition) is 2. The second-order valence-corrected chi connectivity index (χ2v) is 11.6. The van der Waals surface area contributed by atoms with Gasteiger partial charge in [-0.25, -0.2) is 4.57 Å². The minimum absolute atomic E-state index is 0.221. The lowest BCUT2D eigenvalue weighted by molar-refractivity contribution is -0.660. The molecular weight excluding hydrogens is 454 g/mol. The molecule has 0 bridgehead atoms. The van der Waals surface area contributed by atoms with Gasteiger partial charge in [-0.05, 0) is 59.5 Å². The zero-order chi connectivity index (χ0) is 25.5. The van der Waals surface area contributed by atoms with Gasteiger partial charge in [0.25, 0.3) is 0 Å². The third-order valence-corrected chi connectivity index (χ3v) is 7.53. The van der Waals surface area contributed by atoms with Crippen LogP contribution in [0.5, 0.6) is 0 Å². The molecule has 0 saturated heterocycles. The summed E-state index contributed by atoms with van der Waals surface area (Å²) in [6, 6.07) is 26.0. The maximum Gasteiger partial charge on any atom is 0.216 e.